The van der Waals surface area contributed by atoms with Crippen LogP contribution in [0.25, 0.3) is 0 Å². The van der Waals surface area contributed by atoms with Crippen molar-refractivity contribution in [1.29, 1.82) is 0 Å². The third-order valence-corrected chi connectivity index (χ3v) is 1.89. The van der Waals surface area contributed by atoms with Crippen molar-refractivity contribution in [3.05, 3.63) is 0 Å². The van der Waals surface area contributed by atoms with Crippen molar-refractivity contribution in [2.45, 2.75) is 26.7 Å². The van der Waals surface area contributed by atoms with Gasteiger partial charge in [0.05, 0.1) is 0 Å². The van der Waals surface area contributed by atoms with E-state index in [2.05, 4.69) is 17.5 Å². The summed E-state index contributed by atoms with van der Waals surface area (Å²) in [5, 5.41) is 0. The van der Waals surface area contributed by atoms with Gasteiger partial charge in [0.1, 0.15) is 22.5 Å². The molecule has 0 radical (unpaired) electrons. The molecule has 1 nitrogen and oxygen atoms in total. The zero-order valence-corrected chi connectivity index (χ0v) is 8.54. The summed E-state index contributed by atoms with van der Waals surface area (Å²) in [4.78, 5) is 0. The van der Waals surface area contributed by atoms with Crippen LogP contribution in [-0.4, -0.2) is 0 Å². The van der Waals surface area contributed by atoms with E-state index in [9.17, 15) is 0 Å². The Labute approximate surface area is 74.2 Å². The van der Waals surface area contributed by atoms with E-state index >= 15 is 0 Å². The number of unbranched alkanes of at least 4 members (excludes halogenated alkanes) is 1. The standard InChI is InChI=1S/C4H10.Cl2OS2/c1-3-4-2;1-4-3-5-2/h3-4H2,1-2H3;. The maximum atomic E-state index is 4.89. The summed E-state index contributed by atoms with van der Waals surface area (Å²) in [5.74, 6) is 0. The molecule has 0 unspecified atom stereocenters. The molecular weight excluding hydrogens is 199 g/mol. The minimum Gasteiger partial charge on any atom is -0.214 e. The van der Waals surface area contributed by atoms with Gasteiger partial charge in [-0.2, -0.15) is 0 Å². The molecule has 0 aliphatic carbocycles. The van der Waals surface area contributed by atoms with Crippen molar-refractivity contribution < 1.29 is 3.63 Å². The van der Waals surface area contributed by atoms with Gasteiger partial charge in [-0.15, -0.1) is 0 Å². The number of rotatable bonds is 3. The summed E-state index contributed by atoms with van der Waals surface area (Å²) < 4.78 is 4.20. The highest BCUT2D eigenvalue weighted by molar-refractivity contribution is 8.28. The van der Waals surface area contributed by atoms with Crippen molar-refractivity contribution >= 4 is 43.9 Å². The lowest BCUT2D eigenvalue weighted by molar-refractivity contribution is 0.783. The van der Waals surface area contributed by atoms with E-state index in [-0.39, 0.29) is 0 Å². The van der Waals surface area contributed by atoms with Crippen LogP contribution >= 0.6 is 43.9 Å². The molecule has 0 bridgehead atoms. The molecule has 58 valence electrons. The van der Waals surface area contributed by atoms with Gasteiger partial charge in [-0.05, 0) is 21.4 Å². The third kappa shape index (κ3) is 26.9. The largest absolute Gasteiger partial charge is 0.214 e. The molecule has 0 fully saturated rings. The van der Waals surface area contributed by atoms with E-state index < -0.39 is 0 Å². The van der Waals surface area contributed by atoms with E-state index in [4.69, 9.17) is 21.4 Å². The van der Waals surface area contributed by atoms with E-state index in [1.807, 2.05) is 0 Å². The van der Waals surface area contributed by atoms with E-state index in [0.29, 0.717) is 22.5 Å². The number of hydrogen-bond donors (Lipinski definition) is 0. The zero-order chi connectivity index (χ0) is 7.54. The Morgan fingerprint density at radius 2 is 1.44 bits per heavy atom. The van der Waals surface area contributed by atoms with Crippen LogP contribution < -0.4 is 0 Å². The Hall–Kier alpha value is 1.24. The minimum atomic E-state index is 0.705. The van der Waals surface area contributed by atoms with Crippen LogP contribution in [0.4, 0.5) is 0 Å². The molecule has 0 aromatic rings. The first kappa shape index (κ1) is 12.9. The van der Waals surface area contributed by atoms with Crippen molar-refractivity contribution in [3.8, 4) is 0 Å². The highest BCUT2D eigenvalue weighted by Crippen LogP contribution is 2.20. The molecule has 0 spiro atoms. The van der Waals surface area contributed by atoms with Gasteiger partial charge in [-0.25, -0.2) is 3.63 Å². The average molecular weight is 209 g/mol. The van der Waals surface area contributed by atoms with E-state index in [0.717, 1.165) is 0 Å². The minimum absolute atomic E-state index is 0.705. The van der Waals surface area contributed by atoms with Crippen molar-refractivity contribution in [1.82, 2.24) is 0 Å². The molecule has 0 atom stereocenters. The fraction of sp³-hybridized carbons (Fsp3) is 1.00. The van der Waals surface area contributed by atoms with E-state index in [1.165, 1.54) is 12.8 Å². The summed E-state index contributed by atoms with van der Waals surface area (Å²) >= 11 is 1.41. The zero-order valence-electron chi connectivity index (χ0n) is 5.39. The average Bonchev–Trinajstić information content (AvgIpc) is 1.91. The lowest BCUT2D eigenvalue weighted by atomic mass is 10.4. The lowest BCUT2D eigenvalue weighted by Crippen LogP contribution is -1.47. The number of hydrogen-bond acceptors (Lipinski definition) is 3. The first-order valence-electron chi connectivity index (χ1n) is 2.56. The second-order valence-electron chi connectivity index (χ2n) is 1.19. The predicted molar refractivity (Wildman–Crippen MR) is 48.6 cm³/mol. The molecule has 0 rings (SSSR count). The molecule has 0 aliphatic heterocycles. The summed E-state index contributed by atoms with van der Waals surface area (Å²) in [7, 11) is 9.78. The molecule has 5 heteroatoms. The molecule has 0 aromatic heterocycles. The SMILES string of the molecule is CCCC.ClSOSCl. The van der Waals surface area contributed by atoms with E-state index in [1.54, 1.807) is 0 Å². The Bertz CT molecular complexity index is 35.7. The lowest BCUT2D eigenvalue weighted by Gasteiger charge is -1.75. The van der Waals surface area contributed by atoms with Crippen LogP contribution in [-0.2, 0) is 3.63 Å². The van der Waals surface area contributed by atoms with Gasteiger partial charge in [0.15, 0.2) is 0 Å². The first-order valence-corrected chi connectivity index (χ1v) is 5.69. The quantitative estimate of drug-likeness (QED) is 0.637. The van der Waals surface area contributed by atoms with Gasteiger partial charge in [0, 0.05) is 0 Å². The molecule has 0 aromatic carbocycles. The molecular formula is C4H10Cl2OS2. The van der Waals surface area contributed by atoms with Crippen molar-refractivity contribution in [3.63, 3.8) is 0 Å². The third-order valence-electron chi connectivity index (χ3n) is 0.551. The highest BCUT2D eigenvalue weighted by atomic mass is 35.7. The maximum absolute atomic E-state index is 4.89. The molecule has 0 saturated carbocycles. The molecule has 9 heavy (non-hydrogen) atoms. The van der Waals surface area contributed by atoms with Crippen LogP contribution in [0.15, 0.2) is 0 Å². The summed E-state index contributed by atoms with van der Waals surface area (Å²) in [5.41, 5.74) is 0. The molecule has 0 heterocycles. The predicted octanol–water partition coefficient (Wildman–Crippen LogP) is 4.41. The maximum Gasteiger partial charge on any atom is 0.118 e. The summed E-state index contributed by atoms with van der Waals surface area (Å²) in [6.07, 6.45) is 2.64. The fourth-order valence-corrected chi connectivity index (χ4v) is 0.787. The second-order valence-corrected chi connectivity index (χ2v) is 2.75. The Kier molecular flexibility index (Phi) is 23.1. The van der Waals surface area contributed by atoms with Gasteiger partial charge in [-0.3, -0.25) is 0 Å². The van der Waals surface area contributed by atoms with Gasteiger partial charge in [0.25, 0.3) is 0 Å². The summed E-state index contributed by atoms with van der Waals surface area (Å²) in [6, 6.07) is 0. The Morgan fingerprint density at radius 1 is 1.11 bits per heavy atom. The second kappa shape index (κ2) is 16.1. The first-order chi connectivity index (χ1) is 4.33. The topological polar surface area (TPSA) is 9.23 Å². The molecule has 0 amide bonds. The monoisotopic (exact) mass is 208 g/mol. The van der Waals surface area contributed by atoms with Gasteiger partial charge < -0.3 is 0 Å². The Balaban J connectivity index is 0. The smallest absolute Gasteiger partial charge is 0.118 e. The van der Waals surface area contributed by atoms with Crippen molar-refractivity contribution in [2.24, 2.45) is 0 Å². The van der Waals surface area contributed by atoms with Crippen LogP contribution in [0.2, 0.25) is 0 Å². The van der Waals surface area contributed by atoms with Gasteiger partial charge in [-0.1, -0.05) is 26.7 Å². The van der Waals surface area contributed by atoms with Crippen LogP contribution in [0.3, 0.4) is 0 Å². The van der Waals surface area contributed by atoms with Crippen LogP contribution in [0.5, 0.6) is 0 Å². The Morgan fingerprint density at radius 3 is 1.44 bits per heavy atom. The highest BCUT2D eigenvalue weighted by Gasteiger charge is 1.73. The molecule has 0 N–H and O–H groups in total. The van der Waals surface area contributed by atoms with Gasteiger partial charge >= 0.3 is 0 Å². The molecule has 0 aliphatic rings. The van der Waals surface area contributed by atoms with Gasteiger partial charge in [0.2, 0.25) is 0 Å². The van der Waals surface area contributed by atoms with Crippen LogP contribution in [0.1, 0.15) is 26.7 Å². The number of halogens is 2. The van der Waals surface area contributed by atoms with Crippen molar-refractivity contribution in [2.75, 3.05) is 0 Å². The summed E-state index contributed by atoms with van der Waals surface area (Å²) in [6.45, 7) is 4.36. The molecule has 0 saturated heterocycles. The normalized spacial score (nSPS) is 8.00. The van der Waals surface area contributed by atoms with Crippen LogP contribution in [0, 0.1) is 0 Å². The fourth-order valence-electron chi connectivity index (χ4n) is 0.00972.